The number of halogens is 2. The third-order valence-corrected chi connectivity index (χ3v) is 3.67. The largest absolute Gasteiger partial charge is 0.390 e. The Morgan fingerprint density at radius 2 is 1.94 bits per heavy atom. The molecule has 1 aliphatic carbocycles. The monoisotopic (exact) mass is 242 g/mol. The van der Waals surface area contributed by atoms with Crippen LogP contribution in [0.5, 0.6) is 0 Å². The zero-order valence-corrected chi connectivity index (χ0v) is 9.93. The van der Waals surface area contributed by atoms with Gasteiger partial charge in [-0.25, -0.2) is 4.39 Å². The van der Waals surface area contributed by atoms with Crippen molar-refractivity contribution < 1.29 is 9.50 Å². The van der Waals surface area contributed by atoms with Gasteiger partial charge in [-0.1, -0.05) is 36.9 Å². The topological polar surface area (TPSA) is 20.2 Å². The molecule has 1 N–H and O–H groups in total. The van der Waals surface area contributed by atoms with Crippen molar-refractivity contribution in [1.82, 2.24) is 0 Å². The average Bonchev–Trinajstić information content (AvgIpc) is 2.23. The van der Waals surface area contributed by atoms with E-state index in [0.717, 1.165) is 31.2 Å². The van der Waals surface area contributed by atoms with Crippen molar-refractivity contribution >= 4 is 11.6 Å². The Kier molecular flexibility index (Phi) is 3.50. The van der Waals surface area contributed by atoms with Gasteiger partial charge in [0, 0.05) is 11.4 Å². The van der Waals surface area contributed by atoms with Crippen LogP contribution in [0.3, 0.4) is 0 Å². The van der Waals surface area contributed by atoms with Crippen LogP contribution >= 0.6 is 11.6 Å². The highest BCUT2D eigenvalue weighted by molar-refractivity contribution is 6.31. The first-order valence-electron chi connectivity index (χ1n) is 5.75. The summed E-state index contributed by atoms with van der Waals surface area (Å²) < 4.78 is 12.9. The third kappa shape index (κ3) is 2.74. The van der Waals surface area contributed by atoms with Crippen LogP contribution in [-0.4, -0.2) is 10.7 Å². The minimum atomic E-state index is -0.639. The normalized spacial score (nSPS) is 19.7. The molecule has 0 aliphatic heterocycles. The molecule has 0 spiro atoms. The van der Waals surface area contributed by atoms with Gasteiger partial charge in [0.05, 0.1) is 5.60 Å². The Morgan fingerprint density at radius 1 is 1.25 bits per heavy atom. The maximum Gasteiger partial charge on any atom is 0.124 e. The van der Waals surface area contributed by atoms with E-state index in [1.807, 2.05) is 0 Å². The van der Waals surface area contributed by atoms with Gasteiger partial charge in [0.1, 0.15) is 5.82 Å². The summed E-state index contributed by atoms with van der Waals surface area (Å²) in [6.07, 6.45) is 5.50. The molecule has 16 heavy (non-hydrogen) atoms. The van der Waals surface area contributed by atoms with Gasteiger partial charge < -0.3 is 5.11 Å². The lowest BCUT2D eigenvalue weighted by molar-refractivity contribution is 0.00449. The molecule has 1 aliphatic rings. The van der Waals surface area contributed by atoms with Crippen molar-refractivity contribution in [2.75, 3.05) is 0 Å². The van der Waals surface area contributed by atoms with Crippen molar-refractivity contribution in [2.24, 2.45) is 0 Å². The smallest absolute Gasteiger partial charge is 0.124 e. The summed E-state index contributed by atoms with van der Waals surface area (Å²) in [5.74, 6) is -0.329. The lowest BCUT2D eigenvalue weighted by atomic mass is 9.80. The number of hydrogen-bond donors (Lipinski definition) is 1. The highest BCUT2D eigenvalue weighted by Gasteiger charge is 2.29. The molecule has 88 valence electrons. The van der Waals surface area contributed by atoms with Gasteiger partial charge in [-0.3, -0.25) is 0 Å². The SMILES string of the molecule is OC1(Cc2ccc(F)cc2Cl)CCCCC1. The molecule has 1 aromatic rings. The van der Waals surface area contributed by atoms with Gasteiger partial charge in [0.2, 0.25) is 0 Å². The van der Waals surface area contributed by atoms with E-state index in [0.29, 0.717) is 11.4 Å². The zero-order chi connectivity index (χ0) is 11.6. The predicted octanol–water partition coefficient (Wildman–Crippen LogP) is 3.72. The molecular formula is C13H16ClFO. The van der Waals surface area contributed by atoms with E-state index >= 15 is 0 Å². The molecule has 2 rings (SSSR count). The molecule has 0 unspecified atom stereocenters. The molecule has 0 saturated heterocycles. The Morgan fingerprint density at radius 3 is 2.56 bits per heavy atom. The average molecular weight is 243 g/mol. The highest BCUT2D eigenvalue weighted by atomic mass is 35.5. The zero-order valence-electron chi connectivity index (χ0n) is 9.18. The standard InChI is InChI=1S/C13H16ClFO/c14-12-8-11(15)5-4-10(12)9-13(16)6-2-1-3-7-13/h4-5,8,16H,1-3,6-7,9H2. The molecule has 0 heterocycles. The molecule has 0 aromatic heterocycles. The van der Waals surface area contributed by atoms with E-state index in [9.17, 15) is 9.50 Å². The van der Waals surface area contributed by atoms with Crippen LogP contribution in [0, 0.1) is 5.82 Å². The second kappa shape index (κ2) is 4.72. The Labute approximate surface area is 100 Å². The molecule has 3 heteroatoms. The fourth-order valence-electron chi connectivity index (χ4n) is 2.41. The first kappa shape index (κ1) is 11.9. The maximum atomic E-state index is 12.9. The first-order valence-corrected chi connectivity index (χ1v) is 6.13. The number of hydrogen-bond acceptors (Lipinski definition) is 1. The van der Waals surface area contributed by atoms with Crippen LogP contribution in [0.2, 0.25) is 5.02 Å². The summed E-state index contributed by atoms with van der Waals surface area (Å²) in [5, 5.41) is 10.8. The van der Waals surface area contributed by atoms with Crippen molar-refractivity contribution in [3.63, 3.8) is 0 Å². The molecule has 0 amide bonds. The summed E-state index contributed by atoms with van der Waals surface area (Å²) in [4.78, 5) is 0. The predicted molar refractivity (Wildman–Crippen MR) is 63.1 cm³/mol. The Balaban J connectivity index is 2.13. The van der Waals surface area contributed by atoms with Gasteiger partial charge in [-0.2, -0.15) is 0 Å². The van der Waals surface area contributed by atoms with Crippen molar-refractivity contribution in [1.29, 1.82) is 0 Å². The van der Waals surface area contributed by atoms with Crippen LogP contribution < -0.4 is 0 Å². The second-order valence-electron chi connectivity index (χ2n) is 4.70. The van der Waals surface area contributed by atoms with Gasteiger partial charge in [0.25, 0.3) is 0 Å². The van der Waals surface area contributed by atoms with E-state index in [1.54, 1.807) is 6.07 Å². The van der Waals surface area contributed by atoms with Crippen LogP contribution in [0.15, 0.2) is 18.2 Å². The van der Waals surface area contributed by atoms with E-state index in [-0.39, 0.29) is 5.82 Å². The Bertz CT molecular complexity index is 372. The fourth-order valence-corrected chi connectivity index (χ4v) is 2.64. The van der Waals surface area contributed by atoms with E-state index < -0.39 is 5.60 Å². The molecule has 1 nitrogen and oxygen atoms in total. The number of benzene rings is 1. The highest BCUT2D eigenvalue weighted by Crippen LogP contribution is 2.33. The summed E-state index contributed by atoms with van der Waals surface area (Å²) >= 11 is 5.96. The number of rotatable bonds is 2. The minimum absolute atomic E-state index is 0.329. The van der Waals surface area contributed by atoms with Crippen molar-refractivity contribution in [3.05, 3.63) is 34.6 Å². The summed E-state index contributed by atoms with van der Waals surface area (Å²) in [6.45, 7) is 0. The molecule has 0 radical (unpaired) electrons. The van der Waals surface area contributed by atoms with Crippen LogP contribution in [-0.2, 0) is 6.42 Å². The van der Waals surface area contributed by atoms with Gasteiger partial charge in [0.15, 0.2) is 0 Å². The lowest BCUT2D eigenvalue weighted by Gasteiger charge is -2.32. The first-order chi connectivity index (χ1) is 7.59. The van der Waals surface area contributed by atoms with Gasteiger partial charge in [-0.15, -0.1) is 0 Å². The van der Waals surface area contributed by atoms with Crippen molar-refractivity contribution in [2.45, 2.75) is 44.1 Å². The lowest BCUT2D eigenvalue weighted by Crippen LogP contribution is -2.33. The molecule has 0 bridgehead atoms. The summed E-state index contributed by atoms with van der Waals surface area (Å²) in [6, 6.07) is 4.38. The minimum Gasteiger partial charge on any atom is -0.390 e. The van der Waals surface area contributed by atoms with Crippen LogP contribution in [0.25, 0.3) is 0 Å². The van der Waals surface area contributed by atoms with E-state index in [2.05, 4.69) is 0 Å². The van der Waals surface area contributed by atoms with Gasteiger partial charge in [-0.05, 0) is 30.5 Å². The molecule has 1 fully saturated rings. The van der Waals surface area contributed by atoms with Crippen molar-refractivity contribution in [3.8, 4) is 0 Å². The summed E-state index contributed by atoms with van der Waals surface area (Å²) in [5.41, 5.74) is 0.201. The van der Waals surface area contributed by atoms with Crippen LogP contribution in [0.4, 0.5) is 4.39 Å². The third-order valence-electron chi connectivity index (χ3n) is 3.32. The molecule has 0 atom stereocenters. The molecule has 1 aromatic carbocycles. The quantitative estimate of drug-likeness (QED) is 0.838. The van der Waals surface area contributed by atoms with E-state index in [1.165, 1.54) is 18.6 Å². The van der Waals surface area contributed by atoms with Crippen LogP contribution in [0.1, 0.15) is 37.7 Å². The maximum absolute atomic E-state index is 12.9. The second-order valence-corrected chi connectivity index (χ2v) is 5.10. The summed E-state index contributed by atoms with van der Waals surface area (Å²) in [7, 11) is 0. The van der Waals surface area contributed by atoms with Gasteiger partial charge >= 0.3 is 0 Å². The number of aliphatic hydroxyl groups is 1. The fraction of sp³-hybridized carbons (Fsp3) is 0.538. The van der Waals surface area contributed by atoms with E-state index in [4.69, 9.17) is 11.6 Å². The molecule has 1 saturated carbocycles. The molecular weight excluding hydrogens is 227 g/mol. The Hall–Kier alpha value is -0.600.